The predicted octanol–water partition coefficient (Wildman–Crippen LogP) is 1.93. The van der Waals surface area contributed by atoms with Gasteiger partial charge in [-0.1, -0.05) is 0 Å². The molecule has 0 aliphatic carbocycles. The normalized spacial score (nSPS) is 25.1. The lowest BCUT2D eigenvalue weighted by Crippen LogP contribution is -2.25. The van der Waals surface area contributed by atoms with Crippen LogP contribution in [-0.2, 0) is 0 Å². The summed E-state index contributed by atoms with van der Waals surface area (Å²) in [7, 11) is 1.63. The molecule has 1 aliphatic rings. The highest BCUT2D eigenvalue weighted by Gasteiger charge is 2.22. The second-order valence-corrected chi connectivity index (χ2v) is 3.75. The summed E-state index contributed by atoms with van der Waals surface area (Å²) in [5, 5.41) is 13.2. The summed E-state index contributed by atoms with van der Waals surface area (Å²) in [4.78, 5) is 0. The molecule has 0 spiro atoms. The van der Waals surface area contributed by atoms with Crippen LogP contribution in [-0.4, -0.2) is 18.3 Å². The minimum absolute atomic E-state index is 0.325. The fraction of sp³-hybridized carbons (Fsp3) is 0.455. The molecule has 2 atom stereocenters. The van der Waals surface area contributed by atoms with Crippen molar-refractivity contribution < 1.29 is 9.84 Å². The Hall–Kier alpha value is -1.22. The summed E-state index contributed by atoms with van der Waals surface area (Å²) in [6, 6.07) is 6.06. The van der Waals surface area contributed by atoms with Crippen molar-refractivity contribution in [3.63, 3.8) is 0 Å². The van der Waals surface area contributed by atoms with Crippen LogP contribution in [0.1, 0.15) is 25.0 Å². The quantitative estimate of drug-likeness (QED) is 0.716. The van der Waals surface area contributed by atoms with E-state index in [-0.39, 0.29) is 6.10 Å². The number of methoxy groups -OCH3 is 1. The van der Waals surface area contributed by atoms with E-state index in [1.165, 1.54) is 0 Å². The standard InChI is InChI=1S/C11H15NO2/c1-7-5-11(13)9-6-8(14-2)3-4-10(9)12-7/h3-4,6-7,11-13H,5H2,1-2H3/t7-,11+/m1/s1. The molecule has 0 radical (unpaired) electrons. The molecule has 0 fully saturated rings. The molecule has 2 rings (SSSR count). The zero-order valence-electron chi connectivity index (χ0n) is 8.45. The maximum Gasteiger partial charge on any atom is 0.119 e. The molecule has 1 aliphatic heterocycles. The number of aliphatic hydroxyl groups excluding tert-OH is 1. The zero-order valence-corrected chi connectivity index (χ0v) is 8.45. The van der Waals surface area contributed by atoms with Crippen molar-refractivity contribution in [1.82, 2.24) is 0 Å². The van der Waals surface area contributed by atoms with Gasteiger partial charge in [0.25, 0.3) is 0 Å². The Kier molecular flexibility index (Phi) is 2.33. The van der Waals surface area contributed by atoms with Crippen LogP contribution in [0, 0.1) is 0 Å². The fourth-order valence-electron chi connectivity index (χ4n) is 1.86. The first kappa shape index (κ1) is 9.34. The molecule has 0 unspecified atom stereocenters. The van der Waals surface area contributed by atoms with Crippen LogP contribution in [0.3, 0.4) is 0 Å². The second-order valence-electron chi connectivity index (χ2n) is 3.75. The van der Waals surface area contributed by atoms with Gasteiger partial charge in [-0.05, 0) is 31.5 Å². The van der Waals surface area contributed by atoms with E-state index in [4.69, 9.17) is 4.74 Å². The van der Waals surface area contributed by atoms with Crippen molar-refractivity contribution in [2.24, 2.45) is 0 Å². The minimum atomic E-state index is -0.378. The van der Waals surface area contributed by atoms with Crippen LogP contribution < -0.4 is 10.1 Å². The van der Waals surface area contributed by atoms with Gasteiger partial charge in [0.2, 0.25) is 0 Å². The Morgan fingerprint density at radius 3 is 3.00 bits per heavy atom. The molecule has 0 aromatic heterocycles. The SMILES string of the molecule is COc1ccc2c(c1)[C@@H](O)C[C@@H](C)N2. The third-order valence-electron chi connectivity index (χ3n) is 2.60. The molecule has 14 heavy (non-hydrogen) atoms. The summed E-state index contributed by atoms with van der Waals surface area (Å²) in [6.45, 7) is 2.07. The first-order valence-electron chi connectivity index (χ1n) is 4.83. The lowest BCUT2D eigenvalue weighted by Gasteiger charge is -2.28. The highest BCUT2D eigenvalue weighted by Crippen LogP contribution is 2.34. The molecule has 3 heteroatoms. The van der Waals surface area contributed by atoms with Crippen molar-refractivity contribution in [3.05, 3.63) is 23.8 Å². The van der Waals surface area contributed by atoms with Crippen LogP contribution in [0.5, 0.6) is 5.75 Å². The van der Waals surface area contributed by atoms with Gasteiger partial charge in [-0.3, -0.25) is 0 Å². The Morgan fingerprint density at radius 1 is 1.50 bits per heavy atom. The number of anilines is 1. The van der Waals surface area contributed by atoms with Gasteiger partial charge in [-0.25, -0.2) is 0 Å². The molecule has 0 bridgehead atoms. The Labute approximate surface area is 83.7 Å². The van der Waals surface area contributed by atoms with Crippen LogP contribution in [0.2, 0.25) is 0 Å². The van der Waals surface area contributed by atoms with Crippen molar-refractivity contribution in [1.29, 1.82) is 0 Å². The molecule has 1 aromatic carbocycles. The average Bonchev–Trinajstić information content (AvgIpc) is 2.17. The molecule has 1 aromatic rings. The van der Waals surface area contributed by atoms with E-state index < -0.39 is 0 Å². The zero-order chi connectivity index (χ0) is 10.1. The van der Waals surface area contributed by atoms with Gasteiger partial charge in [-0.2, -0.15) is 0 Å². The largest absolute Gasteiger partial charge is 0.497 e. The number of nitrogens with one attached hydrogen (secondary N) is 1. The molecule has 1 heterocycles. The minimum Gasteiger partial charge on any atom is -0.497 e. The average molecular weight is 193 g/mol. The summed E-state index contributed by atoms with van der Waals surface area (Å²) in [6.07, 6.45) is 0.372. The van der Waals surface area contributed by atoms with E-state index in [1.807, 2.05) is 18.2 Å². The number of hydrogen-bond donors (Lipinski definition) is 2. The molecule has 76 valence electrons. The van der Waals surface area contributed by atoms with E-state index in [0.717, 1.165) is 23.4 Å². The number of aliphatic hydroxyl groups is 1. The lowest BCUT2D eigenvalue weighted by atomic mass is 9.96. The Bertz CT molecular complexity index is 338. The molecule has 0 saturated heterocycles. The predicted molar refractivity (Wildman–Crippen MR) is 55.7 cm³/mol. The van der Waals surface area contributed by atoms with Gasteiger partial charge in [0.1, 0.15) is 5.75 Å². The molecule has 2 N–H and O–H groups in total. The van der Waals surface area contributed by atoms with E-state index in [1.54, 1.807) is 7.11 Å². The van der Waals surface area contributed by atoms with E-state index >= 15 is 0 Å². The van der Waals surface area contributed by atoms with Crippen LogP contribution in [0.4, 0.5) is 5.69 Å². The second kappa shape index (κ2) is 3.50. The van der Waals surface area contributed by atoms with Gasteiger partial charge in [-0.15, -0.1) is 0 Å². The van der Waals surface area contributed by atoms with Crippen LogP contribution in [0.25, 0.3) is 0 Å². The van der Waals surface area contributed by atoms with E-state index in [9.17, 15) is 5.11 Å². The van der Waals surface area contributed by atoms with E-state index in [0.29, 0.717) is 6.04 Å². The first-order chi connectivity index (χ1) is 6.70. The smallest absolute Gasteiger partial charge is 0.119 e. The lowest BCUT2D eigenvalue weighted by molar-refractivity contribution is 0.158. The van der Waals surface area contributed by atoms with Gasteiger partial charge in [0.15, 0.2) is 0 Å². The molecule has 0 saturated carbocycles. The highest BCUT2D eigenvalue weighted by molar-refractivity contribution is 5.57. The number of benzene rings is 1. The van der Waals surface area contributed by atoms with E-state index in [2.05, 4.69) is 12.2 Å². The Balaban J connectivity index is 2.39. The third kappa shape index (κ3) is 1.55. The van der Waals surface area contributed by atoms with Crippen molar-refractivity contribution in [2.45, 2.75) is 25.5 Å². The molecular weight excluding hydrogens is 178 g/mol. The maximum atomic E-state index is 9.86. The molecular formula is C11H15NO2. The summed E-state index contributed by atoms with van der Waals surface area (Å²) >= 11 is 0. The monoisotopic (exact) mass is 193 g/mol. The summed E-state index contributed by atoms with van der Waals surface area (Å²) < 4.78 is 5.12. The van der Waals surface area contributed by atoms with Crippen LogP contribution >= 0.6 is 0 Å². The van der Waals surface area contributed by atoms with Gasteiger partial charge >= 0.3 is 0 Å². The number of ether oxygens (including phenoxy) is 1. The van der Waals surface area contributed by atoms with Crippen molar-refractivity contribution in [2.75, 3.05) is 12.4 Å². The molecule has 0 amide bonds. The van der Waals surface area contributed by atoms with Crippen molar-refractivity contribution in [3.8, 4) is 5.75 Å². The highest BCUT2D eigenvalue weighted by atomic mass is 16.5. The Morgan fingerprint density at radius 2 is 2.29 bits per heavy atom. The third-order valence-corrected chi connectivity index (χ3v) is 2.60. The van der Waals surface area contributed by atoms with Gasteiger partial charge < -0.3 is 15.2 Å². The van der Waals surface area contributed by atoms with Gasteiger partial charge in [0.05, 0.1) is 13.2 Å². The molecule has 3 nitrogen and oxygen atoms in total. The number of rotatable bonds is 1. The maximum absolute atomic E-state index is 9.86. The topological polar surface area (TPSA) is 41.5 Å². The number of fused-ring (bicyclic) bond motifs is 1. The summed E-state index contributed by atoms with van der Waals surface area (Å²) in [5.41, 5.74) is 1.94. The van der Waals surface area contributed by atoms with Crippen LogP contribution in [0.15, 0.2) is 18.2 Å². The number of hydrogen-bond acceptors (Lipinski definition) is 3. The van der Waals surface area contributed by atoms with Crippen molar-refractivity contribution >= 4 is 5.69 Å². The fourth-order valence-corrected chi connectivity index (χ4v) is 1.86. The summed E-state index contributed by atoms with van der Waals surface area (Å²) in [5.74, 6) is 0.791. The van der Waals surface area contributed by atoms with Gasteiger partial charge in [0, 0.05) is 17.3 Å². The first-order valence-corrected chi connectivity index (χ1v) is 4.83.